The Morgan fingerprint density at radius 1 is 1.44 bits per heavy atom. The number of hydrogen-bond acceptors (Lipinski definition) is 3. The fraction of sp³-hybridized carbons (Fsp3) is 0.385. The van der Waals surface area contributed by atoms with Crippen LogP contribution in [0.1, 0.15) is 24.0 Å². The average molecular weight is 248 g/mol. The summed E-state index contributed by atoms with van der Waals surface area (Å²) in [6.07, 6.45) is 0.972. The number of aliphatic hydroxyl groups excluding tert-OH is 1. The summed E-state index contributed by atoms with van der Waals surface area (Å²) >= 11 is 0. The van der Waals surface area contributed by atoms with Gasteiger partial charge in [0.25, 0.3) is 0 Å². The van der Waals surface area contributed by atoms with Crippen LogP contribution >= 0.6 is 0 Å². The van der Waals surface area contributed by atoms with Gasteiger partial charge in [0.05, 0.1) is 6.61 Å². The molecule has 1 aliphatic rings. The van der Waals surface area contributed by atoms with Gasteiger partial charge in [0, 0.05) is 13.0 Å². The van der Waals surface area contributed by atoms with Crippen molar-refractivity contribution in [3.63, 3.8) is 0 Å². The van der Waals surface area contributed by atoms with Gasteiger partial charge in [0.1, 0.15) is 6.04 Å². The SMILES string of the molecule is O=C1CC[C@H](C(=O)NCc2cccc(CO)c2)N1. The first-order valence-electron chi connectivity index (χ1n) is 5.95. The maximum atomic E-state index is 11.7. The molecule has 0 unspecified atom stereocenters. The number of carbonyl (C=O) groups excluding carboxylic acids is 2. The van der Waals surface area contributed by atoms with Crippen LogP contribution in [0.2, 0.25) is 0 Å². The molecule has 1 aromatic carbocycles. The van der Waals surface area contributed by atoms with Crippen molar-refractivity contribution in [1.29, 1.82) is 0 Å². The minimum Gasteiger partial charge on any atom is -0.392 e. The van der Waals surface area contributed by atoms with Crippen molar-refractivity contribution in [2.24, 2.45) is 0 Å². The molecule has 0 aliphatic carbocycles. The lowest BCUT2D eigenvalue weighted by molar-refractivity contribution is -0.125. The summed E-state index contributed by atoms with van der Waals surface area (Å²) in [7, 11) is 0. The number of benzene rings is 1. The van der Waals surface area contributed by atoms with E-state index in [1.807, 2.05) is 24.3 Å². The highest BCUT2D eigenvalue weighted by Crippen LogP contribution is 2.08. The number of hydrogen-bond donors (Lipinski definition) is 3. The summed E-state index contributed by atoms with van der Waals surface area (Å²) in [5.74, 6) is -0.229. The van der Waals surface area contributed by atoms with Crippen molar-refractivity contribution in [1.82, 2.24) is 10.6 Å². The molecular weight excluding hydrogens is 232 g/mol. The molecule has 96 valence electrons. The standard InChI is InChI=1S/C13H16N2O3/c16-8-10-3-1-2-9(6-10)7-14-13(18)11-4-5-12(17)15-11/h1-3,6,11,16H,4-5,7-8H2,(H,14,18)(H,15,17)/t11-/m1/s1. The molecule has 1 heterocycles. The first kappa shape index (κ1) is 12.6. The minimum atomic E-state index is -0.404. The monoisotopic (exact) mass is 248 g/mol. The third-order valence-electron chi connectivity index (χ3n) is 2.95. The number of aliphatic hydroxyl groups is 1. The van der Waals surface area contributed by atoms with Crippen LogP contribution < -0.4 is 10.6 Å². The Kier molecular flexibility index (Phi) is 3.94. The van der Waals surface area contributed by atoms with Gasteiger partial charge >= 0.3 is 0 Å². The van der Waals surface area contributed by atoms with E-state index in [1.54, 1.807) is 0 Å². The van der Waals surface area contributed by atoms with E-state index in [4.69, 9.17) is 5.11 Å². The molecule has 1 aromatic rings. The van der Waals surface area contributed by atoms with Crippen molar-refractivity contribution >= 4 is 11.8 Å². The van der Waals surface area contributed by atoms with Gasteiger partial charge in [0.2, 0.25) is 11.8 Å². The second kappa shape index (κ2) is 5.64. The Morgan fingerprint density at radius 3 is 2.89 bits per heavy atom. The van der Waals surface area contributed by atoms with E-state index in [-0.39, 0.29) is 18.4 Å². The lowest BCUT2D eigenvalue weighted by Crippen LogP contribution is -2.41. The van der Waals surface area contributed by atoms with Crippen LogP contribution in [0.15, 0.2) is 24.3 Å². The zero-order chi connectivity index (χ0) is 13.0. The molecule has 0 bridgehead atoms. The summed E-state index contributed by atoms with van der Waals surface area (Å²) in [6.45, 7) is 0.388. The summed E-state index contributed by atoms with van der Waals surface area (Å²) in [4.78, 5) is 22.7. The molecule has 0 radical (unpaired) electrons. The summed E-state index contributed by atoms with van der Waals surface area (Å²) in [5, 5.41) is 14.4. The molecule has 0 aromatic heterocycles. The van der Waals surface area contributed by atoms with Crippen LogP contribution in [0.3, 0.4) is 0 Å². The van der Waals surface area contributed by atoms with Gasteiger partial charge in [-0.1, -0.05) is 24.3 Å². The average Bonchev–Trinajstić information content (AvgIpc) is 2.83. The quantitative estimate of drug-likeness (QED) is 0.705. The molecular formula is C13H16N2O3. The predicted octanol–water partition coefficient (Wildman–Crippen LogP) is 0.0737. The highest BCUT2D eigenvalue weighted by atomic mass is 16.3. The van der Waals surface area contributed by atoms with E-state index in [9.17, 15) is 9.59 Å². The number of amides is 2. The van der Waals surface area contributed by atoms with E-state index in [1.165, 1.54) is 0 Å². The van der Waals surface area contributed by atoms with E-state index < -0.39 is 6.04 Å². The predicted molar refractivity (Wildman–Crippen MR) is 65.4 cm³/mol. The van der Waals surface area contributed by atoms with Crippen molar-refractivity contribution in [3.8, 4) is 0 Å². The van der Waals surface area contributed by atoms with Gasteiger partial charge < -0.3 is 15.7 Å². The zero-order valence-electron chi connectivity index (χ0n) is 9.98. The molecule has 1 aliphatic heterocycles. The molecule has 1 atom stereocenters. The number of rotatable bonds is 4. The van der Waals surface area contributed by atoms with Gasteiger partial charge in [-0.3, -0.25) is 9.59 Å². The van der Waals surface area contributed by atoms with Crippen molar-refractivity contribution in [3.05, 3.63) is 35.4 Å². The van der Waals surface area contributed by atoms with Gasteiger partial charge in [0.15, 0.2) is 0 Å². The highest BCUT2D eigenvalue weighted by molar-refractivity contribution is 5.90. The maximum Gasteiger partial charge on any atom is 0.242 e. The van der Waals surface area contributed by atoms with Gasteiger partial charge in [-0.25, -0.2) is 0 Å². The lowest BCUT2D eigenvalue weighted by atomic mass is 10.1. The van der Waals surface area contributed by atoms with E-state index in [0.717, 1.165) is 11.1 Å². The molecule has 18 heavy (non-hydrogen) atoms. The van der Waals surface area contributed by atoms with Gasteiger partial charge in [-0.05, 0) is 17.5 Å². The number of nitrogens with one attached hydrogen (secondary N) is 2. The summed E-state index contributed by atoms with van der Waals surface area (Å²) in [5.41, 5.74) is 1.75. The molecule has 2 amide bonds. The van der Waals surface area contributed by atoms with E-state index in [2.05, 4.69) is 10.6 Å². The van der Waals surface area contributed by atoms with Crippen LogP contribution in [0.25, 0.3) is 0 Å². The topological polar surface area (TPSA) is 78.4 Å². The third-order valence-corrected chi connectivity index (χ3v) is 2.95. The normalized spacial score (nSPS) is 18.5. The maximum absolute atomic E-state index is 11.7. The lowest BCUT2D eigenvalue weighted by Gasteiger charge is -2.11. The highest BCUT2D eigenvalue weighted by Gasteiger charge is 2.26. The first-order chi connectivity index (χ1) is 8.69. The van der Waals surface area contributed by atoms with Crippen LogP contribution in [0.4, 0.5) is 0 Å². The molecule has 0 spiro atoms. The Labute approximate surface area is 105 Å². The van der Waals surface area contributed by atoms with E-state index >= 15 is 0 Å². The van der Waals surface area contributed by atoms with Crippen LogP contribution in [0.5, 0.6) is 0 Å². The minimum absolute atomic E-state index is 0.0134. The van der Waals surface area contributed by atoms with Gasteiger partial charge in [-0.15, -0.1) is 0 Å². The third kappa shape index (κ3) is 3.07. The largest absolute Gasteiger partial charge is 0.392 e. The van der Waals surface area contributed by atoms with Crippen LogP contribution in [-0.4, -0.2) is 23.0 Å². The Bertz CT molecular complexity index is 459. The van der Waals surface area contributed by atoms with Gasteiger partial charge in [-0.2, -0.15) is 0 Å². The fourth-order valence-corrected chi connectivity index (χ4v) is 1.96. The molecule has 0 saturated carbocycles. The molecule has 2 rings (SSSR count). The van der Waals surface area contributed by atoms with Crippen molar-refractivity contribution in [2.45, 2.75) is 32.0 Å². The Hall–Kier alpha value is -1.88. The van der Waals surface area contributed by atoms with Crippen LogP contribution in [0, 0.1) is 0 Å². The zero-order valence-corrected chi connectivity index (χ0v) is 9.98. The van der Waals surface area contributed by atoms with Crippen molar-refractivity contribution < 1.29 is 14.7 Å². The van der Waals surface area contributed by atoms with E-state index in [0.29, 0.717) is 19.4 Å². The Morgan fingerprint density at radius 2 is 2.22 bits per heavy atom. The van der Waals surface area contributed by atoms with Crippen molar-refractivity contribution in [2.75, 3.05) is 0 Å². The molecule has 1 fully saturated rings. The second-order valence-corrected chi connectivity index (χ2v) is 4.35. The molecule has 1 saturated heterocycles. The fourth-order valence-electron chi connectivity index (χ4n) is 1.96. The summed E-state index contributed by atoms with van der Waals surface area (Å²) in [6, 6.07) is 6.98. The second-order valence-electron chi connectivity index (χ2n) is 4.35. The Balaban J connectivity index is 1.87. The summed E-state index contributed by atoms with van der Waals surface area (Å²) < 4.78 is 0. The smallest absolute Gasteiger partial charge is 0.242 e. The molecule has 5 nitrogen and oxygen atoms in total. The molecule has 5 heteroatoms. The molecule has 3 N–H and O–H groups in total. The van der Waals surface area contributed by atoms with Crippen LogP contribution in [-0.2, 0) is 22.7 Å². The number of carbonyl (C=O) groups is 2. The first-order valence-corrected chi connectivity index (χ1v) is 5.95.